The average molecular weight is 766 g/mol. The Labute approximate surface area is 294 Å². The molecule has 1 amide bonds. The third-order valence-corrected chi connectivity index (χ3v) is 10.2. The number of halogens is 1. The number of hydrogen-bond donors (Lipinski definition) is 4. The Bertz CT molecular complexity index is 1820. The zero-order valence-electron chi connectivity index (χ0n) is 27.6. The Kier molecular flexibility index (Phi) is 11.0. The van der Waals surface area contributed by atoms with Crippen molar-refractivity contribution < 1.29 is 14.6 Å². The summed E-state index contributed by atoms with van der Waals surface area (Å²) in [6, 6.07) is 10.4. The fourth-order valence-corrected chi connectivity index (χ4v) is 7.21. The molecule has 3 aromatic heterocycles. The molecule has 5 heterocycles. The summed E-state index contributed by atoms with van der Waals surface area (Å²) in [6.45, 7) is 12.9. The summed E-state index contributed by atoms with van der Waals surface area (Å²) in [4.78, 5) is 35.7. The normalized spacial score (nSPS) is 16.7. The van der Waals surface area contributed by atoms with Crippen LogP contribution < -0.4 is 21.1 Å². The number of aryl methyl sites for hydroxylation is 2. The van der Waals surface area contributed by atoms with Crippen molar-refractivity contribution in [3.8, 4) is 11.1 Å². The third kappa shape index (κ3) is 7.52. The predicted octanol–water partition coefficient (Wildman–Crippen LogP) is 5.38. The molecule has 12 heteroatoms. The number of rotatable bonds is 11. The molecule has 4 aromatic rings. The number of anilines is 2. The van der Waals surface area contributed by atoms with Gasteiger partial charge in [-0.25, -0.2) is 8.10 Å². The first-order valence-corrected chi connectivity index (χ1v) is 17.7. The number of benzene rings is 1. The zero-order chi connectivity index (χ0) is 33.8. The predicted molar refractivity (Wildman–Crippen MR) is 198 cm³/mol. The van der Waals surface area contributed by atoms with Gasteiger partial charge in [-0.2, -0.15) is 0 Å². The van der Waals surface area contributed by atoms with Gasteiger partial charge in [-0.3, -0.25) is 14.9 Å². The molecule has 1 unspecified atom stereocenters. The molecule has 0 aliphatic carbocycles. The molecule has 48 heavy (non-hydrogen) atoms. The van der Waals surface area contributed by atoms with Gasteiger partial charge in [0.15, 0.2) is 0 Å². The number of pyridine rings is 2. The van der Waals surface area contributed by atoms with Crippen molar-refractivity contribution in [1.82, 2.24) is 23.0 Å². The minimum Gasteiger partial charge on any atom is -0.381 e. The van der Waals surface area contributed by atoms with Crippen LogP contribution in [0.25, 0.3) is 22.0 Å². The Morgan fingerprint density at radius 2 is 1.96 bits per heavy atom. The van der Waals surface area contributed by atoms with Gasteiger partial charge < -0.3 is 29.6 Å². The summed E-state index contributed by atoms with van der Waals surface area (Å²) in [5, 5.41) is 18.8. The molecule has 0 radical (unpaired) electrons. The molecular formula is C36H44IN7O4. The maximum atomic E-state index is 13.0. The van der Waals surface area contributed by atoms with Crippen LogP contribution in [-0.4, -0.2) is 68.1 Å². The van der Waals surface area contributed by atoms with Crippen LogP contribution in [0.5, 0.6) is 0 Å². The molecule has 1 aromatic carbocycles. The number of aromatic nitrogens is 3. The lowest BCUT2D eigenvalue weighted by molar-refractivity contribution is -0.111. The first-order valence-electron chi connectivity index (χ1n) is 16.7. The van der Waals surface area contributed by atoms with Crippen LogP contribution in [0, 0.1) is 6.92 Å². The van der Waals surface area contributed by atoms with Crippen molar-refractivity contribution in [3.05, 3.63) is 88.1 Å². The summed E-state index contributed by atoms with van der Waals surface area (Å²) in [5.41, 5.74) is 6.10. The van der Waals surface area contributed by atoms with E-state index in [1.807, 2.05) is 31.5 Å². The summed E-state index contributed by atoms with van der Waals surface area (Å²) >= 11 is 2.37. The smallest absolute Gasteiger partial charge is 0.252 e. The van der Waals surface area contributed by atoms with Crippen molar-refractivity contribution in [3.63, 3.8) is 0 Å². The Hall–Kier alpha value is -3.56. The number of aliphatic hydroxyl groups is 1. The molecule has 2 saturated heterocycles. The third-order valence-electron chi connectivity index (χ3n) is 9.27. The molecule has 11 nitrogen and oxygen atoms in total. The van der Waals surface area contributed by atoms with Crippen molar-refractivity contribution in [2.75, 3.05) is 49.6 Å². The van der Waals surface area contributed by atoms with Crippen LogP contribution in [0.3, 0.4) is 0 Å². The minimum absolute atomic E-state index is 0.156. The highest BCUT2D eigenvalue weighted by molar-refractivity contribution is 14.1. The van der Waals surface area contributed by atoms with Crippen molar-refractivity contribution in [2.45, 2.75) is 58.3 Å². The van der Waals surface area contributed by atoms with E-state index < -0.39 is 6.23 Å². The second kappa shape index (κ2) is 15.3. The van der Waals surface area contributed by atoms with Gasteiger partial charge in [-0.1, -0.05) is 19.9 Å². The first-order chi connectivity index (χ1) is 23.2. The van der Waals surface area contributed by atoms with Crippen LogP contribution in [-0.2, 0) is 22.5 Å². The number of aliphatic hydroxyl groups excluding tert-OH is 1. The molecule has 4 N–H and O–H groups in total. The van der Waals surface area contributed by atoms with E-state index in [4.69, 9.17) is 9.72 Å². The summed E-state index contributed by atoms with van der Waals surface area (Å²) in [5.74, 6) is 0.606. The van der Waals surface area contributed by atoms with Crippen molar-refractivity contribution in [2.24, 2.45) is 0 Å². The molecule has 254 valence electrons. The van der Waals surface area contributed by atoms with Gasteiger partial charge in [-0.05, 0) is 73.7 Å². The Morgan fingerprint density at radius 3 is 2.65 bits per heavy atom. The number of carbonyl (C=O) groups is 1. The number of carbonyl (C=O) groups excluding carboxylic acids is 1. The maximum absolute atomic E-state index is 13.0. The number of H-pyrrole nitrogens is 1. The molecule has 2 fully saturated rings. The molecule has 0 bridgehead atoms. The second-order valence-corrected chi connectivity index (χ2v) is 13.9. The van der Waals surface area contributed by atoms with E-state index in [-0.39, 0.29) is 24.1 Å². The number of aromatic amines is 1. The van der Waals surface area contributed by atoms with Crippen LogP contribution in [0.1, 0.15) is 60.8 Å². The monoisotopic (exact) mass is 765 g/mol. The Morgan fingerprint density at radius 1 is 1.19 bits per heavy atom. The van der Waals surface area contributed by atoms with Gasteiger partial charge in [0.2, 0.25) is 5.91 Å². The SMILES string of the molecule is C=CC(=O)Nc1cn(C2CCOCC2)c2cc(-c3ccc(N4CCN(I)CC4)nc3)cc(C(O)NCc3c(CCC)cc(C)[nH]c3=O)c12. The molecule has 0 spiro atoms. The van der Waals surface area contributed by atoms with E-state index in [2.05, 4.69) is 82.8 Å². The van der Waals surface area contributed by atoms with Gasteiger partial charge in [-0.15, -0.1) is 0 Å². The fourth-order valence-electron chi connectivity index (χ4n) is 6.78. The summed E-state index contributed by atoms with van der Waals surface area (Å²) in [7, 11) is 0. The highest BCUT2D eigenvalue weighted by Crippen LogP contribution is 2.39. The lowest BCUT2D eigenvalue weighted by Gasteiger charge is -2.32. The number of piperazine rings is 1. The van der Waals surface area contributed by atoms with E-state index >= 15 is 0 Å². The molecule has 2 aliphatic rings. The Balaban J connectivity index is 1.43. The molecular weight excluding hydrogens is 721 g/mol. The van der Waals surface area contributed by atoms with Crippen molar-refractivity contribution in [1.29, 1.82) is 0 Å². The van der Waals surface area contributed by atoms with Crippen LogP contribution >= 0.6 is 22.9 Å². The lowest BCUT2D eigenvalue weighted by atomic mass is 9.98. The van der Waals surface area contributed by atoms with E-state index in [9.17, 15) is 14.7 Å². The maximum Gasteiger partial charge on any atom is 0.252 e. The van der Waals surface area contributed by atoms with Crippen LogP contribution in [0.4, 0.5) is 11.5 Å². The van der Waals surface area contributed by atoms with E-state index in [1.165, 1.54) is 6.08 Å². The van der Waals surface area contributed by atoms with E-state index in [0.29, 0.717) is 30.0 Å². The quantitative estimate of drug-likeness (QED) is 0.0695. The van der Waals surface area contributed by atoms with Gasteiger partial charge in [0.25, 0.3) is 5.56 Å². The molecule has 6 rings (SSSR count). The number of nitrogens with one attached hydrogen (secondary N) is 3. The topological polar surface area (TPSA) is 128 Å². The van der Waals surface area contributed by atoms with Gasteiger partial charge >= 0.3 is 0 Å². The van der Waals surface area contributed by atoms with Gasteiger partial charge in [0.05, 0.1) is 11.2 Å². The van der Waals surface area contributed by atoms with Crippen molar-refractivity contribution >= 4 is 51.2 Å². The summed E-state index contributed by atoms with van der Waals surface area (Å²) in [6.07, 6.45) is 7.26. The summed E-state index contributed by atoms with van der Waals surface area (Å²) < 4.78 is 10.2. The average Bonchev–Trinajstić information content (AvgIpc) is 3.46. The van der Waals surface area contributed by atoms with Crippen LogP contribution in [0.2, 0.25) is 0 Å². The highest BCUT2D eigenvalue weighted by atomic mass is 127. The highest BCUT2D eigenvalue weighted by Gasteiger charge is 2.25. The van der Waals surface area contributed by atoms with Crippen LogP contribution in [0.15, 0.2) is 60.2 Å². The largest absolute Gasteiger partial charge is 0.381 e. The second-order valence-electron chi connectivity index (χ2n) is 12.6. The number of ether oxygens (including phenoxy) is 1. The molecule has 2 aliphatic heterocycles. The van der Waals surface area contributed by atoms with Gasteiger partial charge in [0.1, 0.15) is 12.0 Å². The van der Waals surface area contributed by atoms with Gasteiger partial charge in [0, 0.05) is 115 Å². The molecule has 0 saturated carbocycles. The standard InChI is InChI=1S/C36H44IN7O4/c1-4-6-24-17-23(3)40-36(47)29(24)21-39-35(46)28-18-26(25-7-8-32(38-20-25)42-11-13-43(37)14-12-42)19-31-34(28)30(41-33(45)5-2)22-44(31)27-9-15-48-16-10-27/h5,7-8,17-20,22,27,35,39,46H,2,4,6,9-16,21H2,1,3H3,(H,40,47)(H,41,45). The molecule has 1 atom stereocenters. The van der Waals surface area contributed by atoms with E-state index in [0.717, 1.165) is 91.0 Å². The van der Waals surface area contributed by atoms with E-state index in [1.54, 1.807) is 0 Å². The lowest BCUT2D eigenvalue weighted by Crippen LogP contribution is -2.42. The minimum atomic E-state index is -1.15. The number of amides is 1. The number of hydrogen-bond acceptors (Lipinski definition) is 8. The number of nitrogens with zero attached hydrogens (tertiary/aromatic N) is 4. The fraction of sp³-hybridized carbons (Fsp3) is 0.417. The zero-order valence-corrected chi connectivity index (χ0v) is 29.8. The number of fused-ring (bicyclic) bond motifs is 1. The first kappa shape index (κ1) is 34.3.